The summed E-state index contributed by atoms with van der Waals surface area (Å²) in [5.41, 5.74) is 2.90. The van der Waals surface area contributed by atoms with Gasteiger partial charge in [-0.25, -0.2) is 4.98 Å². The number of thiophene rings is 1. The van der Waals surface area contributed by atoms with Crippen LogP contribution in [0, 0.1) is 5.92 Å². The summed E-state index contributed by atoms with van der Waals surface area (Å²) in [6.07, 6.45) is 5.80. The van der Waals surface area contributed by atoms with Gasteiger partial charge in [0.1, 0.15) is 5.82 Å². The Morgan fingerprint density at radius 3 is 2.96 bits per heavy atom. The zero-order valence-corrected chi connectivity index (χ0v) is 16.3. The Bertz CT molecular complexity index is 1040. The number of nitrogens with one attached hydrogen (secondary N) is 1. The molecular weight excluding hydrogens is 372 g/mol. The van der Waals surface area contributed by atoms with Crippen LogP contribution < -0.4 is 5.56 Å². The molecule has 2 aliphatic heterocycles. The average molecular weight is 395 g/mol. The van der Waals surface area contributed by atoms with Crippen molar-refractivity contribution >= 4 is 17.2 Å². The molecule has 6 nitrogen and oxygen atoms in total. The van der Waals surface area contributed by atoms with Crippen molar-refractivity contribution in [1.29, 1.82) is 0 Å². The van der Waals surface area contributed by atoms with E-state index in [-0.39, 0.29) is 17.4 Å². The SMILES string of the molecule is O=C(CCc1ccsc1)N1C[C@@H]2C[C@H](C1)c1ccc(-c3ncc[nH]3)c(=O)n1C2. The summed E-state index contributed by atoms with van der Waals surface area (Å²) in [5, 5.41) is 4.16. The van der Waals surface area contributed by atoms with Crippen molar-refractivity contribution < 1.29 is 4.79 Å². The number of H-pyrrole nitrogens is 1. The number of carbonyl (C=O) groups excluding carboxylic acids is 1. The molecule has 1 saturated heterocycles. The van der Waals surface area contributed by atoms with E-state index in [2.05, 4.69) is 26.8 Å². The molecule has 2 aliphatic rings. The van der Waals surface area contributed by atoms with Crippen LogP contribution in [0.2, 0.25) is 0 Å². The van der Waals surface area contributed by atoms with Crippen LogP contribution in [-0.4, -0.2) is 38.4 Å². The topological polar surface area (TPSA) is 71.0 Å². The molecule has 0 unspecified atom stereocenters. The van der Waals surface area contributed by atoms with E-state index >= 15 is 0 Å². The summed E-state index contributed by atoms with van der Waals surface area (Å²) in [5.74, 6) is 1.40. The van der Waals surface area contributed by atoms with Crippen molar-refractivity contribution in [2.45, 2.75) is 31.7 Å². The van der Waals surface area contributed by atoms with E-state index in [4.69, 9.17) is 0 Å². The van der Waals surface area contributed by atoms with Crippen LogP contribution >= 0.6 is 11.3 Å². The maximum Gasteiger partial charge on any atom is 0.261 e. The number of pyridine rings is 1. The van der Waals surface area contributed by atoms with Gasteiger partial charge in [-0.15, -0.1) is 0 Å². The molecule has 1 N–H and O–H groups in total. The summed E-state index contributed by atoms with van der Waals surface area (Å²) < 4.78 is 1.91. The molecule has 1 fully saturated rings. The maximum atomic E-state index is 13.0. The quantitative estimate of drug-likeness (QED) is 0.740. The minimum Gasteiger partial charge on any atom is -0.344 e. The number of aromatic nitrogens is 3. The number of piperidine rings is 1. The zero-order valence-electron chi connectivity index (χ0n) is 15.5. The molecule has 0 radical (unpaired) electrons. The zero-order chi connectivity index (χ0) is 19.1. The van der Waals surface area contributed by atoms with Gasteiger partial charge in [-0.1, -0.05) is 0 Å². The van der Waals surface area contributed by atoms with Gasteiger partial charge in [-0.3, -0.25) is 9.59 Å². The fraction of sp³-hybridized carbons (Fsp3) is 0.381. The number of rotatable bonds is 4. The number of hydrogen-bond acceptors (Lipinski definition) is 4. The van der Waals surface area contributed by atoms with Gasteiger partial charge in [-0.2, -0.15) is 11.3 Å². The number of amides is 1. The number of carbonyl (C=O) groups is 1. The molecule has 0 saturated carbocycles. The third kappa shape index (κ3) is 3.09. The number of fused-ring (bicyclic) bond motifs is 4. The fourth-order valence-corrected chi connectivity index (χ4v) is 5.29. The van der Waals surface area contributed by atoms with E-state index in [0.29, 0.717) is 36.8 Å². The normalized spacial score (nSPS) is 20.8. The van der Waals surface area contributed by atoms with E-state index in [0.717, 1.165) is 25.1 Å². The van der Waals surface area contributed by atoms with Gasteiger partial charge >= 0.3 is 0 Å². The third-order valence-corrected chi connectivity index (χ3v) is 6.65. The van der Waals surface area contributed by atoms with Gasteiger partial charge in [0, 0.05) is 50.1 Å². The van der Waals surface area contributed by atoms with Gasteiger partial charge in [0.15, 0.2) is 0 Å². The lowest BCUT2D eigenvalue weighted by atomic mass is 9.82. The van der Waals surface area contributed by atoms with Crippen molar-refractivity contribution in [3.63, 3.8) is 0 Å². The van der Waals surface area contributed by atoms with Crippen LogP contribution in [0.25, 0.3) is 11.4 Å². The van der Waals surface area contributed by atoms with Crippen molar-refractivity contribution in [3.05, 3.63) is 63.0 Å². The number of hydrogen-bond donors (Lipinski definition) is 1. The molecule has 2 bridgehead atoms. The first-order chi connectivity index (χ1) is 13.7. The Kier molecular flexibility index (Phi) is 4.39. The number of aryl methyl sites for hydroxylation is 1. The predicted octanol–water partition coefficient (Wildman–Crippen LogP) is 2.88. The van der Waals surface area contributed by atoms with E-state index in [1.807, 2.05) is 21.6 Å². The molecule has 2 atom stereocenters. The predicted molar refractivity (Wildman–Crippen MR) is 108 cm³/mol. The highest BCUT2D eigenvalue weighted by Gasteiger charge is 2.36. The average Bonchev–Trinajstić information content (AvgIpc) is 3.41. The highest BCUT2D eigenvalue weighted by atomic mass is 32.1. The van der Waals surface area contributed by atoms with Crippen molar-refractivity contribution in [3.8, 4) is 11.4 Å². The van der Waals surface area contributed by atoms with Crippen LogP contribution in [0.3, 0.4) is 0 Å². The molecule has 28 heavy (non-hydrogen) atoms. The van der Waals surface area contributed by atoms with Crippen LogP contribution in [0.4, 0.5) is 0 Å². The molecule has 144 valence electrons. The minimum absolute atomic E-state index is 0.0133. The van der Waals surface area contributed by atoms with E-state index in [9.17, 15) is 9.59 Å². The molecule has 0 spiro atoms. The van der Waals surface area contributed by atoms with Crippen molar-refractivity contribution in [1.82, 2.24) is 19.4 Å². The summed E-state index contributed by atoms with van der Waals surface area (Å²) >= 11 is 1.67. The lowest BCUT2D eigenvalue weighted by Crippen LogP contribution is -2.49. The molecule has 3 aromatic rings. The monoisotopic (exact) mass is 394 g/mol. The van der Waals surface area contributed by atoms with Crippen LogP contribution in [0.5, 0.6) is 0 Å². The van der Waals surface area contributed by atoms with Crippen LogP contribution in [-0.2, 0) is 17.8 Å². The number of nitrogens with zero attached hydrogens (tertiary/aromatic N) is 3. The van der Waals surface area contributed by atoms with Gasteiger partial charge < -0.3 is 14.5 Å². The molecule has 5 rings (SSSR count). The third-order valence-electron chi connectivity index (χ3n) is 5.92. The van der Waals surface area contributed by atoms with Crippen LogP contribution in [0.1, 0.15) is 30.0 Å². The summed E-state index contributed by atoms with van der Waals surface area (Å²) in [6.45, 7) is 2.13. The standard InChI is InChI=1S/C21H22N4O2S/c26-19(4-1-14-5-8-28-13-14)24-10-15-9-16(12-24)18-3-2-17(20-22-6-7-23-20)21(27)25(18)11-15/h2-3,5-8,13,15-16H,1,4,9-12H2,(H,22,23)/t15-,16+/m0/s1. The van der Waals surface area contributed by atoms with Gasteiger partial charge in [0.2, 0.25) is 5.91 Å². The first kappa shape index (κ1) is 17.4. The van der Waals surface area contributed by atoms with E-state index < -0.39 is 0 Å². The van der Waals surface area contributed by atoms with Crippen LogP contribution in [0.15, 0.2) is 46.1 Å². The molecule has 3 aromatic heterocycles. The fourth-order valence-electron chi connectivity index (χ4n) is 4.59. The van der Waals surface area contributed by atoms with Gasteiger partial charge in [-0.05, 0) is 53.3 Å². The molecule has 0 aliphatic carbocycles. The molecule has 1 amide bonds. The summed E-state index contributed by atoms with van der Waals surface area (Å²) in [7, 11) is 0. The van der Waals surface area contributed by atoms with Gasteiger partial charge in [0.25, 0.3) is 5.56 Å². The number of imidazole rings is 1. The van der Waals surface area contributed by atoms with Crippen molar-refractivity contribution in [2.75, 3.05) is 13.1 Å². The smallest absolute Gasteiger partial charge is 0.261 e. The van der Waals surface area contributed by atoms with Gasteiger partial charge in [0.05, 0.1) is 5.56 Å². The highest BCUT2D eigenvalue weighted by Crippen LogP contribution is 2.35. The van der Waals surface area contributed by atoms with E-state index in [1.165, 1.54) is 5.56 Å². The minimum atomic E-state index is 0.0133. The number of aromatic amines is 1. The first-order valence-electron chi connectivity index (χ1n) is 9.71. The summed E-state index contributed by atoms with van der Waals surface area (Å²) in [6, 6.07) is 5.99. The lowest BCUT2D eigenvalue weighted by molar-refractivity contribution is -0.133. The highest BCUT2D eigenvalue weighted by molar-refractivity contribution is 7.07. The van der Waals surface area contributed by atoms with E-state index in [1.54, 1.807) is 23.7 Å². The Hall–Kier alpha value is -2.67. The maximum absolute atomic E-state index is 13.0. The largest absolute Gasteiger partial charge is 0.344 e. The Morgan fingerprint density at radius 1 is 1.25 bits per heavy atom. The molecular formula is C21H22N4O2S. The second kappa shape index (κ2) is 7.05. The summed E-state index contributed by atoms with van der Waals surface area (Å²) in [4.78, 5) is 35.0. The second-order valence-corrected chi connectivity index (χ2v) is 8.53. The lowest BCUT2D eigenvalue weighted by Gasteiger charge is -2.43. The number of likely N-dealkylation sites (tertiary alicyclic amines) is 1. The Balaban J connectivity index is 1.36. The first-order valence-corrected chi connectivity index (χ1v) is 10.7. The molecule has 7 heteroatoms. The second-order valence-electron chi connectivity index (χ2n) is 7.75. The Morgan fingerprint density at radius 2 is 2.18 bits per heavy atom. The molecule has 5 heterocycles. The molecule has 0 aromatic carbocycles. The van der Waals surface area contributed by atoms with Crippen molar-refractivity contribution in [2.24, 2.45) is 5.92 Å². The Labute approximate surface area is 166 Å².